The molecule has 1 atom stereocenters. The van der Waals surface area contributed by atoms with Gasteiger partial charge >= 0.3 is 0 Å². The van der Waals surface area contributed by atoms with Crippen LogP contribution in [0.2, 0.25) is 0 Å². The highest BCUT2D eigenvalue weighted by molar-refractivity contribution is 5.65. The molecule has 124 valence electrons. The van der Waals surface area contributed by atoms with Gasteiger partial charge in [-0.1, -0.05) is 30.3 Å². The van der Waals surface area contributed by atoms with Gasteiger partial charge < -0.3 is 4.57 Å². The lowest BCUT2D eigenvalue weighted by molar-refractivity contribution is 0.193. The summed E-state index contributed by atoms with van der Waals surface area (Å²) in [6.45, 7) is 3.10. The number of piperidine rings is 1. The minimum Gasteiger partial charge on any atom is -0.337 e. The molecule has 4 rings (SSSR count). The van der Waals surface area contributed by atoms with Gasteiger partial charge in [0.2, 0.25) is 0 Å². The first-order valence-electron chi connectivity index (χ1n) is 8.58. The molecule has 0 aliphatic carbocycles. The second kappa shape index (κ2) is 6.61. The van der Waals surface area contributed by atoms with E-state index in [0.29, 0.717) is 5.92 Å². The number of nitrogens with zero attached hydrogens (tertiary/aromatic N) is 4. The van der Waals surface area contributed by atoms with Crippen LogP contribution in [0.5, 0.6) is 0 Å². The fourth-order valence-electron chi connectivity index (χ4n) is 3.64. The Morgan fingerprint density at radius 3 is 2.92 bits per heavy atom. The monoisotopic (exact) mass is 321 g/mol. The molecule has 3 heterocycles. The van der Waals surface area contributed by atoms with Crippen LogP contribution in [0.4, 0.5) is 0 Å². The van der Waals surface area contributed by atoms with Gasteiger partial charge in [-0.05, 0) is 24.9 Å². The van der Waals surface area contributed by atoms with E-state index in [4.69, 9.17) is 0 Å². The number of aromatic nitrogens is 4. The number of hydrogen-bond donors (Lipinski definition) is 1. The second-order valence-electron chi connectivity index (χ2n) is 6.59. The maximum atomic E-state index is 4.46. The third kappa shape index (κ3) is 2.99. The quantitative estimate of drug-likeness (QED) is 0.803. The van der Waals surface area contributed by atoms with Crippen molar-refractivity contribution in [2.75, 3.05) is 13.1 Å². The van der Waals surface area contributed by atoms with E-state index in [1.165, 1.54) is 29.7 Å². The first kappa shape index (κ1) is 15.1. The molecule has 0 spiro atoms. The Labute approximate surface area is 142 Å². The highest BCUT2D eigenvalue weighted by atomic mass is 15.2. The van der Waals surface area contributed by atoms with Crippen molar-refractivity contribution < 1.29 is 0 Å². The molecular formula is C19H23N5. The third-order valence-electron chi connectivity index (χ3n) is 4.95. The summed E-state index contributed by atoms with van der Waals surface area (Å²) in [5, 5.41) is 7.60. The van der Waals surface area contributed by atoms with E-state index >= 15 is 0 Å². The van der Waals surface area contributed by atoms with Gasteiger partial charge in [0.25, 0.3) is 0 Å². The fourth-order valence-corrected chi connectivity index (χ4v) is 3.64. The van der Waals surface area contributed by atoms with E-state index in [2.05, 4.69) is 62.0 Å². The van der Waals surface area contributed by atoms with Crippen molar-refractivity contribution in [2.45, 2.75) is 25.3 Å². The summed E-state index contributed by atoms with van der Waals surface area (Å²) in [5.41, 5.74) is 3.74. The van der Waals surface area contributed by atoms with Crippen molar-refractivity contribution in [3.63, 3.8) is 0 Å². The van der Waals surface area contributed by atoms with E-state index in [1.807, 2.05) is 18.6 Å². The summed E-state index contributed by atoms with van der Waals surface area (Å²) >= 11 is 0. The predicted molar refractivity (Wildman–Crippen MR) is 94.5 cm³/mol. The molecule has 5 heteroatoms. The van der Waals surface area contributed by atoms with Crippen LogP contribution in [0.3, 0.4) is 0 Å². The molecule has 0 radical (unpaired) electrons. The normalized spacial score (nSPS) is 18.8. The van der Waals surface area contributed by atoms with Crippen LogP contribution < -0.4 is 0 Å². The van der Waals surface area contributed by atoms with Crippen LogP contribution in [-0.4, -0.2) is 37.7 Å². The van der Waals surface area contributed by atoms with E-state index in [-0.39, 0.29) is 0 Å². The molecule has 1 aliphatic rings. The lowest BCUT2D eigenvalue weighted by atomic mass is 9.90. The Hall–Kier alpha value is -2.40. The fraction of sp³-hybridized carbons (Fsp3) is 0.368. The molecule has 2 aromatic heterocycles. The second-order valence-corrected chi connectivity index (χ2v) is 6.59. The molecule has 1 N–H and O–H groups in total. The number of benzene rings is 1. The molecule has 1 unspecified atom stereocenters. The standard InChI is InChI=1S/C19H23N5/c1-23-11-9-20-18(23)14-24-10-5-8-16(13-24)19-17(12-21-22-19)15-6-3-2-4-7-15/h2-4,6-7,9,11-12,16H,5,8,10,13-14H2,1H3,(H,21,22). The van der Waals surface area contributed by atoms with Crippen LogP contribution in [0.1, 0.15) is 30.3 Å². The maximum Gasteiger partial charge on any atom is 0.122 e. The number of aryl methyl sites for hydroxylation is 1. The number of H-pyrrole nitrogens is 1. The van der Waals surface area contributed by atoms with Gasteiger partial charge in [0, 0.05) is 43.2 Å². The largest absolute Gasteiger partial charge is 0.337 e. The third-order valence-corrected chi connectivity index (χ3v) is 4.95. The van der Waals surface area contributed by atoms with Gasteiger partial charge in [0.05, 0.1) is 12.7 Å². The summed E-state index contributed by atoms with van der Waals surface area (Å²) in [6.07, 6.45) is 8.27. The van der Waals surface area contributed by atoms with Gasteiger partial charge in [-0.2, -0.15) is 5.10 Å². The lowest BCUT2D eigenvalue weighted by Gasteiger charge is -2.32. The minimum absolute atomic E-state index is 0.497. The zero-order valence-electron chi connectivity index (χ0n) is 14.0. The molecule has 3 aromatic rings. The number of likely N-dealkylation sites (tertiary alicyclic amines) is 1. The zero-order valence-corrected chi connectivity index (χ0v) is 14.0. The predicted octanol–water partition coefficient (Wildman–Crippen LogP) is 3.19. The van der Waals surface area contributed by atoms with E-state index < -0.39 is 0 Å². The number of nitrogens with one attached hydrogen (secondary N) is 1. The van der Waals surface area contributed by atoms with Gasteiger partial charge in [-0.15, -0.1) is 0 Å². The Balaban J connectivity index is 1.53. The van der Waals surface area contributed by atoms with Crippen molar-refractivity contribution in [3.05, 3.63) is 60.4 Å². The molecule has 0 amide bonds. The van der Waals surface area contributed by atoms with Crippen LogP contribution >= 0.6 is 0 Å². The average molecular weight is 321 g/mol. The molecule has 0 bridgehead atoms. The number of hydrogen-bond acceptors (Lipinski definition) is 3. The maximum absolute atomic E-state index is 4.46. The number of aromatic amines is 1. The van der Waals surface area contributed by atoms with E-state index in [0.717, 1.165) is 25.5 Å². The van der Waals surface area contributed by atoms with Crippen molar-refractivity contribution >= 4 is 0 Å². The van der Waals surface area contributed by atoms with Crippen molar-refractivity contribution in [1.29, 1.82) is 0 Å². The highest BCUT2D eigenvalue weighted by Crippen LogP contribution is 2.33. The van der Waals surface area contributed by atoms with Crippen molar-refractivity contribution in [1.82, 2.24) is 24.6 Å². The van der Waals surface area contributed by atoms with Gasteiger partial charge in [-0.25, -0.2) is 4.98 Å². The summed E-state index contributed by atoms with van der Waals surface area (Å²) in [6, 6.07) is 10.5. The van der Waals surface area contributed by atoms with Crippen LogP contribution in [0.25, 0.3) is 11.1 Å². The van der Waals surface area contributed by atoms with Crippen LogP contribution in [0.15, 0.2) is 48.9 Å². The molecule has 24 heavy (non-hydrogen) atoms. The average Bonchev–Trinajstić information content (AvgIpc) is 3.26. The van der Waals surface area contributed by atoms with Crippen LogP contribution in [0, 0.1) is 0 Å². The summed E-state index contributed by atoms with van der Waals surface area (Å²) < 4.78 is 2.11. The van der Waals surface area contributed by atoms with E-state index in [9.17, 15) is 0 Å². The minimum atomic E-state index is 0.497. The van der Waals surface area contributed by atoms with E-state index in [1.54, 1.807) is 0 Å². The van der Waals surface area contributed by atoms with Crippen LogP contribution in [-0.2, 0) is 13.6 Å². The molecule has 0 saturated carbocycles. The number of imidazole rings is 1. The first-order chi connectivity index (χ1) is 11.8. The topological polar surface area (TPSA) is 49.7 Å². The summed E-state index contributed by atoms with van der Waals surface area (Å²) in [4.78, 5) is 6.97. The molecule has 1 saturated heterocycles. The molecule has 1 aliphatic heterocycles. The van der Waals surface area contributed by atoms with Crippen molar-refractivity contribution in [2.24, 2.45) is 7.05 Å². The SMILES string of the molecule is Cn1ccnc1CN1CCCC(c2[nH]ncc2-c2ccccc2)C1. The lowest BCUT2D eigenvalue weighted by Crippen LogP contribution is -2.34. The Bertz CT molecular complexity index is 789. The summed E-state index contributed by atoms with van der Waals surface area (Å²) in [7, 11) is 2.06. The van der Waals surface area contributed by atoms with Gasteiger partial charge in [0.1, 0.15) is 5.82 Å². The molecule has 5 nitrogen and oxygen atoms in total. The van der Waals surface area contributed by atoms with Gasteiger partial charge in [-0.3, -0.25) is 10.00 Å². The molecule has 1 fully saturated rings. The molecular weight excluding hydrogens is 298 g/mol. The molecule has 1 aromatic carbocycles. The van der Waals surface area contributed by atoms with Gasteiger partial charge in [0.15, 0.2) is 0 Å². The number of rotatable bonds is 4. The first-order valence-corrected chi connectivity index (χ1v) is 8.58. The smallest absolute Gasteiger partial charge is 0.122 e. The highest BCUT2D eigenvalue weighted by Gasteiger charge is 2.25. The Kier molecular flexibility index (Phi) is 4.17. The Morgan fingerprint density at radius 2 is 2.12 bits per heavy atom. The van der Waals surface area contributed by atoms with Crippen molar-refractivity contribution in [3.8, 4) is 11.1 Å². The summed E-state index contributed by atoms with van der Waals surface area (Å²) in [5.74, 6) is 1.63. The Morgan fingerprint density at radius 1 is 1.25 bits per heavy atom. The zero-order chi connectivity index (χ0) is 16.4.